The average Bonchev–Trinajstić information content (AvgIpc) is 2.28. The summed E-state index contributed by atoms with van der Waals surface area (Å²) in [7, 11) is -3.12. The van der Waals surface area contributed by atoms with Gasteiger partial charge in [-0.25, -0.2) is 8.42 Å². The quantitative estimate of drug-likeness (QED) is 0.779. The highest BCUT2D eigenvalue weighted by Crippen LogP contribution is 2.23. The zero-order valence-electron chi connectivity index (χ0n) is 8.47. The van der Waals surface area contributed by atoms with Gasteiger partial charge in [0.05, 0.1) is 10.6 Å². The zero-order valence-corrected chi connectivity index (χ0v) is 9.29. The third-order valence-corrected chi connectivity index (χ3v) is 4.25. The predicted octanol–water partition coefficient (Wildman–Crippen LogP) is 2.63. The van der Waals surface area contributed by atoms with Crippen LogP contribution in [-0.4, -0.2) is 14.2 Å². The van der Waals surface area contributed by atoms with E-state index in [1.807, 2.05) is 30.3 Å². The molecule has 2 aromatic carbocycles. The molecule has 0 N–H and O–H groups in total. The third kappa shape index (κ3) is 1.75. The second-order valence-electron chi connectivity index (χ2n) is 3.38. The van der Waals surface area contributed by atoms with Gasteiger partial charge in [0.15, 0.2) is 9.84 Å². The van der Waals surface area contributed by atoms with Gasteiger partial charge in [0.2, 0.25) is 0 Å². The Labute approximate surface area is 89.5 Å². The highest BCUT2D eigenvalue weighted by atomic mass is 32.2. The van der Waals surface area contributed by atoms with Crippen LogP contribution in [-0.2, 0) is 9.84 Å². The first-order valence-corrected chi connectivity index (χ1v) is 6.51. The molecule has 0 unspecified atom stereocenters. The smallest absolute Gasteiger partial charge is 0.178 e. The van der Waals surface area contributed by atoms with Crippen LogP contribution in [0.4, 0.5) is 0 Å². The molecule has 2 aromatic rings. The van der Waals surface area contributed by atoms with Crippen molar-refractivity contribution in [3.63, 3.8) is 0 Å². The van der Waals surface area contributed by atoms with Crippen LogP contribution in [0.25, 0.3) is 10.8 Å². The number of hydrogen-bond donors (Lipinski definition) is 0. The summed E-state index contributed by atoms with van der Waals surface area (Å²) in [5.41, 5.74) is 0. The summed E-state index contributed by atoms with van der Waals surface area (Å²) in [6.07, 6.45) is 0. The van der Waals surface area contributed by atoms with E-state index in [2.05, 4.69) is 0 Å². The summed E-state index contributed by atoms with van der Waals surface area (Å²) in [6.45, 7) is 1.66. The van der Waals surface area contributed by atoms with Gasteiger partial charge in [-0.2, -0.15) is 0 Å². The fraction of sp³-hybridized carbons (Fsp3) is 0.167. The highest BCUT2D eigenvalue weighted by Gasteiger charge is 2.13. The van der Waals surface area contributed by atoms with Gasteiger partial charge in [-0.3, -0.25) is 0 Å². The Balaban J connectivity index is 2.83. The number of sulfone groups is 1. The van der Waals surface area contributed by atoms with Crippen LogP contribution >= 0.6 is 0 Å². The molecule has 0 fully saturated rings. The summed E-state index contributed by atoms with van der Waals surface area (Å²) in [6, 6.07) is 12.9. The Kier molecular flexibility index (Phi) is 2.49. The molecule has 0 saturated heterocycles. The van der Waals surface area contributed by atoms with E-state index in [4.69, 9.17) is 0 Å². The Morgan fingerprint density at radius 2 is 1.67 bits per heavy atom. The molecule has 0 radical (unpaired) electrons. The lowest BCUT2D eigenvalue weighted by atomic mass is 10.1. The Morgan fingerprint density at radius 3 is 2.40 bits per heavy atom. The number of benzene rings is 2. The molecule has 0 aliphatic heterocycles. The van der Waals surface area contributed by atoms with E-state index in [9.17, 15) is 8.42 Å². The Hall–Kier alpha value is -1.35. The van der Waals surface area contributed by atoms with Crippen LogP contribution in [0, 0.1) is 0 Å². The van der Waals surface area contributed by atoms with E-state index in [-0.39, 0.29) is 5.75 Å². The Morgan fingerprint density at radius 1 is 1.00 bits per heavy atom. The van der Waals surface area contributed by atoms with E-state index in [1.165, 1.54) is 0 Å². The average molecular weight is 220 g/mol. The first-order valence-electron chi connectivity index (χ1n) is 4.85. The Bertz CT molecular complexity index is 580. The second-order valence-corrected chi connectivity index (χ2v) is 5.63. The SMILES string of the molecule is CCS(=O)(=O)c1cccc2ccccc12. The molecule has 2 nitrogen and oxygen atoms in total. The van der Waals surface area contributed by atoms with Crippen molar-refractivity contribution in [3.05, 3.63) is 42.5 Å². The summed E-state index contributed by atoms with van der Waals surface area (Å²) in [5, 5.41) is 1.77. The molecule has 0 spiro atoms. The molecule has 0 aromatic heterocycles. The molecule has 0 saturated carbocycles. The molecule has 15 heavy (non-hydrogen) atoms. The third-order valence-electron chi connectivity index (χ3n) is 2.46. The standard InChI is InChI=1S/C12H12O2S/c1-2-15(13,14)12-9-5-7-10-6-3-4-8-11(10)12/h3-9H,2H2,1H3. The first kappa shape index (κ1) is 10.2. The van der Waals surface area contributed by atoms with Crippen LogP contribution in [0.2, 0.25) is 0 Å². The minimum Gasteiger partial charge on any atom is -0.224 e. The molecule has 0 aliphatic carbocycles. The fourth-order valence-electron chi connectivity index (χ4n) is 1.62. The van der Waals surface area contributed by atoms with Gasteiger partial charge in [0.25, 0.3) is 0 Å². The first-order chi connectivity index (χ1) is 7.15. The van der Waals surface area contributed by atoms with Crippen molar-refractivity contribution in [2.24, 2.45) is 0 Å². The number of fused-ring (bicyclic) bond motifs is 1. The number of hydrogen-bond acceptors (Lipinski definition) is 2. The lowest BCUT2D eigenvalue weighted by Gasteiger charge is -2.05. The second kappa shape index (κ2) is 3.66. The van der Waals surface area contributed by atoms with Crippen molar-refractivity contribution in [1.29, 1.82) is 0 Å². The minimum atomic E-state index is -3.12. The molecular weight excluding hydrogens is 208 g/mol. The maximum atomic E-state index is 11.8. The lowest BCUT2D eigenvalue weighted by molar-refractivity contribution is 0.598. The molecule has 3 heteroatoms. The largest absolute Gasteiger partial charge is 0.224 e. The van der Waals surface area contributed by atoms with Gasteiger partial charge >= 0.3 is 0 Å². The van der Waals surface area contributed by atoms with Crippen LogP contribution < -0.4 is 0 Å². The maximum absolute atomic E-state index is 11.8. The van der Waals surface area contributed by atoms with Gasteiger partial charge < -0.3 is 0 Å². The fourth-order valence-corrected chi connectivity index (χ4v) is 2.74. The van der Waals surface area contributed by atoms with Crippen LogP contribution in [0.1, 0.15) is 6.92 Å². The number of rotatable bonds is 2. The molecule has 2 rings (SSSR count). The van der Waals surface area contributed by atoms with Gasteiger partial charge in [-0.05, 0) is 11.5 Å². The van der Waals surface area contributed by atoms with Crippen molar-refractivity contribution in [1.82, 2.24) is 0 Å². The van der Waals surface area contributed by atoms with Gasteiger partial charge in [0, 0.05) is 5.39 Å². The highest BCUT2D eigenvalue weighted by molar-refractivity contribution is 7.91. The molecule has 0 bridgehead atoms. The van der Waals surface area contributed by atoms with E-state index in [0.717, 1.165) is 10.8 Å². The van der Waals surface area contributed by atoms with Crippen LogP contribution in [0.15, 0.2) is 47.4 Å². The van der Waals surface area contributed by atoms with Gasteiger partial charge in [0.1, 0.15) is 0 Å². The molecule has 0 atom stereocenters. The maximum Gasteiger partial charge on any atom is 0.178 e. The van der Waals surface area contributed by atoms with Gasteiger partial charge in [-0.15, -0.1) is 0 Å². The summed E-state index contributed by atoms with van der Waals surface area (Å²) < 4.78 is 23.6. The zero-order chi connectivity index (χ0) is 10.9. The topological polar surface area (TPSA) is 34.1 Å². The molecular formula is C12H12O2S. The summed E-state index contributed by atoms with van der Waals surface area (Å²) in [4.78, 5) is 0.433. The van der Waals surface area contributed by atoms with Crippen molar-refractivity contribution >= 4 is 20.6 Å². The van der Waals surface area contributed by atoms with Crippen molar-refractivity contribution in [3.8, 4) is 0 Å². The molecule has 0 aliphatic rings. The van der Waals surface area contributed by atoms with Crippen molar-refractivity contribution < 1.29 is 8.42 Å². The normalized spacial score (nSPS) is 11.8. The lowest BCUT2D eigenvalue weighted by Crippen LogP contribution is -2.03. The molecule has 0 amide bonds. The van der Waals surface area contributed by atoms with E-state index < -0.39 is 9.84 Å². The summed E-state index contributed by atoms with van der Waals surface area (Å²) in [5.74, 6) is 0.140. The van der Waals surface area contributed by atoms with Crippen LogP contribution in [0.3, 0.4) is 0 Å². The predicted molar refractivity (Wildman–Crippen MR) is 61.7 cm³/mol. The van der Waals surface area contributed by atoms with Crippen molar-refractivity contribution in [2.75, 3.05) is 5.75 Å². The molecule has 78 valence electrons. The van der Waals surface area contributed by atoms with Crippen LogP contribution in [0.5, 0.6) is 0 Å². The van der Waals surface area contributed by atoms with E-state index in [1.54, 1.807) is 19.1 Å². The summed E-state index contributed by atoms with van der Waals surface area (Å²) >= 11 is 0. The minimum absolute atomic E-state index is 0.140. The van der Waals surface area contributed by atoms with E-state index in [0.29, 0.717) is 4.90 Å². The monoisotopic (exact) mass is 220 g/mol. The van der Waals surface area contributed by atoms with Gasteiger partial charge in [-0.1, -0.05) is 43.3 Å². The van der Waals surface area contributed by atoms with Crippen molar-refractivity contribution in [2.45, 2.75) is 11.8 Å². The molecule has 0 heterocycles. The van der Waals surface area contributed by atoms with E-state index >= 15 is 0 Å².